The van der Waals surface area contributed by atoms with E-state index in [1.54, 1.807) is 14.2 Å². The van der Waals surface area contributed by atoms with Crippen LogP contribution < -0.4 is 19.9 Å². The second-order valence-electron chi connectivity index (χ2n) is 8.13. The first-order valence-electron chi connectivity index (χ1n) is 10.7. The molecule has 0 aromatic heterocycles. The van der Waals surface area contributed by atoms with Gasteiger partial charge in [0.05, 0.1) is 26.9 Å². The summed E-state index contributed by atoms with van der Waals surface area (Å²) >= 11 is 0. The number of carbonyl (C=O) groups is 1. The lowest BCUT2D eigenvalue weighted by Gasteiger charge is -2.33. The fraction of sp³-hybridized carbons (Fsp3) is 0.458. The van der Waals surface area contributed by atoms with E-state index in [9.17, 15) is 4.79 Å². The van der Waals surface area contributed by atoms with Gasteiger partial charge in [-0.1, -0.05) is 12.1 Å². The summed E-state index contributed by atoms with van der Waals surface area (Å²) in [4.78, 5) is 13.7. The fourth-order valence-corrected chi connectivity index (χ4v) is 4.06. The van der Waals surface area contributed by atoms with Crippen LogP contribution in [-0.2, 0) is 16.1 Å². The first-order valence-corrected chi connectivity index (χ1v) is 10.7. The fourth-order valence-electron chi connectivity index (χ4n) is 4.06. The van der Waals surface area contributed by atoms with Gasteiger partial charge in [0, 0.05) is 25.2 Å². The molecule has 1 saturated carbocycles. The highest BCUT2D eigenvalue weighted by molar-refractivity contribution is 5.75. The number of hydrogen-bond donors (Lipinski definition) is 1. The zero-order valence-corrected chi connectivity index (χ0v) is 18.1. The molecule has 0 spiro atoms. The highest BCUT2D eigenvalue weighted by Gasteiger charge is 2.35. The van der Waals surface area contributed by atoms with Crippen LogP contribution in [0.25, 0.3) is 11.1 Å². The summed E-state index contributed by atoms with van der Waals surface area (Å²) in [6.45, 7) is 3.12. The van der Waals surface area contributed by atoms with Crippen LogP contribution in [0, 0.1) is 5.92 Å². The van der Waals surface area contributed by atoms with Crippen LogP contribution in [0.4, 0.5) is 0 Å². The summed E-state index contributed by atoms with van der Waals surface area (Å²) in [6.07, 6.45) is 2.85. The van der Waals surface area contributed by atoms with E-state index in [4.69, 9.17) is 24.7 Å². The van der Waals surface area contributed by atoms with Gasteiger partial charge >= 0.3 is 0 Å². The van der Waals surface area contributed by atoms with E-state index in [0.717, 1.165) is 42.9 Å². The molecule has 0 radical (unpaired) electrons. The molecule has 1 heterocycles. The molecule has 2 aliphatic rings. The number of ether oxygens (including phenoxy) is 4. The van der Waals surface area contributed by atoms with Gasteiger partial charge in [-0.3, -0.25) is 9.69 Å². The largest absolute Gasteiger partial charge is 0.493 e. The van der Waals surface area contributed by atoms with Crippen molar-refractivity contribution in [3.63, 3.8) is 0 Å². The lowest BCUT2D eigenvalue weighted by Crippen LogP contribution is -2.42. The van der Waals surface area contributed by atoms with E-state index in [0.29, 0.717) is 29.3 Å². The molecule has 2 aromatic carbocycles. The topological polar surface area (TPSA) is 83.3 Å². The first-order chi connectivity index (χ1) is 15.1. The van der Waals surface area contributed by atoms with Crippen molar-refractivity contribution in [2.75, 3.05) is 40.5 Å². The van der Waals surface area contributed by atoms with Crippen molar-refractivity contribution >= 4 is 5.91 Å². The summed E-state index contributed by atoms with van der Waals surface area (Å²) in [7, 11) is 3.25. The third-order valence-corrected chi connectivity index (χ3v) is 5.87. The number of methoxy groups -OCH3 is 2. The van der Waals surface area contributed by atoms with Crippen molar-refractivity contribution in [2.45, 2.75) is 25.5 Å². The molecule has 2 fully saturated rings. The number of nitrogens with two attached hydrogens (primary N) is 1. The molecule has 7 nitrogen and oxygen atoms in total. The van der Waals surface area contributed by atoms with Crippen molar-refractivity contribution < 1.29 is 23.7 Å². The molecule has 2 N–H and O–H groups in total. The Balaban J connectivity index is 1.60. The molecule has 7 heteroatoms. The Hall–Kier alpha value is -2.77. The van der Waals surface area contributed by atoms with E-state index in [2.05, 4.69) is 11.0 Å². The van der Waals surface area contributed by atoms with E-state index in [1.165, 1.54) is 12.8 Å². The Bertz CT molecular complexity index is 928. The number of hydrogen-bond acceptors (Lipinski definition) is 6. The van der Waals surface area contributed by atoms with Crippen molar-refractivity contribution in [1.82, 2.24) is 4.90 Å². The molecule has 1 amide bonds. The monoisotopic (exact) mass is 426 g/mol. The number of morpholine rings is 1. The zero-order chi connectivity index (χ0) is 21.8. The predicted octanol–water partition coefficient (Wildman–Crippen LogP) is 2.85. The maximum atomic E-state index is 11.3. The number of amides is 1. The quantitative estimate of drug-likeness (QED) is 0.664. The number of primary amides is 1. The second-order valence-corrected chi connectivity index (χ2v) is 8.13. The van der Waals surface area contributed by atoms with Gasteiger partial charge in [-0.25, -0.2) is 0 Å². The maximum absolute atomic E-state index is 11.3. The van der Waals surface area contributed by atoms with Gasteiger partial charge in [-0.15, -0.1) is 0 Å². The number of nitrogens with zero attached hydrogens (tertiary/aromatic N) is 1. The van der Waals surface area contributed by atoms with Gasteiger partial charge in [0.25, 0.3) is 5.91 Å². The van der Waals surface area contributed by atoms with Crippen molar-refractivity contribution in [3.8, 4) is 28.4 Å². The molecule has 0 bridgehead atoms. The van der Waals surface area contributed by atoms with Crippen LogP contribution in [-0.4, -0.2) is 57.4 Å². The number of carbonyl (C=O) groups excluding carboxylic acids is 1. The lowest BCUT2D eigenvalue weighted by atomic mass is 10.0. The molecule has 1 aliphatic carbocycles. The molecule has 1 saturated heterocycles. The third kappa shape index (κ3) is 5.29. The zero-order valence-electron chi connectivity index (χ0n) is 18.1. The average Bonchev–Trinajstić information content (AvgIpc) is 3.63. The third-order valence-electron chi connectivity index (χ3n) is 5.87. The van der Waals surface area contributed by atoms with Crippen LogP contribution in [0.5, 0.6) is 17.2 Å². The Morgan fingerprint density at radius 3 is 2.45 bits per heavy atom. The Morgan fingerprint density at radius 2 is 1.77 bits per heavy atom. The van der Waals surface area contributed by atoms with Crippen LogP contribution >= 0.6 is 0 Å². The smallest absolute Gasteiger partial charge is 0.255 e. The predicted molar refractivity (Wildman–Crippen MR) is 117 cm³/mol. The van der Waals surface area contributed by atoms with Gasteiger partial charge in [0.1, 0.15) is 5.75 Å². The summed E-state index contributed by atoms with van der Waals surface area (Å²) in [5.74, 6) is 2.25. The van der Waals surface area contributed by atoms with Crippen LogP contribution in [0.1, 0.15) is 18.4 Å². The Kier molecular flexibility index (Phi) is 6.63. The minimum Gasteiger partial charge on any atom is -0.493 e. The average molecular weight is 427 g/mol. The van der Waals surface area contributed by atoms with Gasteiger partial charge < -0.3 is 24.7 Å². The van der Waals surface area contributed by atoms with E-state index in [1.807, 2.05) is 30.3 Å². The second kappa shape index (κ2) is 9.58. The normalized spacial score (nSPS) is 19.1. The molecule has 31 heavy (non-hydrogen) atoms. The first kappa shape index (κ1) is 21.5. The molecule has 1 aliphatic heterocycles. The molecule has 1 atom stereocenters. The van der Waals surface area contributed by atoms with E-state index < -0.39 is 5.91 Å². The highest BCUT2D eigenvalue weighted by Crippen LogP contribution is 2.37. The van der Waals surface area contributed by atoms with Crippen molar-refractivity contribution in [1.29, 1.82) is 0 Å². The SMILES string of the molecule is COc1ccc(-c2ccc(OCC(N)=O)c(CN3CCOC(C4CC4)C3)c2)cc1OC. The summed E-state index contributed by atoms with van der Waals surface area (Å²) in [6, 6.07) is 11.9. The lowest BCUT2D eigenvalue weighted by molar-refractivity contribution is -0.119. The van der Waals surface area contributed by atoms with E-state index in [-0.39, 0.29) is 6.61 Å². The number of benzene rings is 2. The molecular formula is C24H30N2O5. The minimum absolute atomic E-state index is 0.142. The molecule has 4 rings (SSSR count). The summed E-state index contributed by atoms with van der Waals surface area (Å²) in [5, 5.41) is 0. The molecule has 2 aromatic rings. The Labute approximate surface area is 183 Å². The molecular weight excluding hydrogens is 396 g/mol. The van der Waals surface area contributed by atoms with E-state index >= 15 is 0 Å². The molecule has 166 valence electrons. The van der Waals surface area contributed by atoms with Crippen molar-refractivity contribution in [2.24, 2.45) is 11.7 Å². The van der Waals surface area contributed by atoms with Crippen LogP contribution in [0.15, 0.2) is 36.4 Å². The maximum Gasteiger partial charge on any atom is 0.255 e. The number of rotatable bonds is 9. The van der Waals surface area contributed by atoms with Crippen LogP contribution in [0.3, 0.4) is 0 Å². The minimum atomic E-state index is -0.491. The standard InChI is InChI=1S/C24H30N2O5/c1-28-21-8-6-18(12-22(21)29-2)17-5-7-20(31-15-24(25)27)19(11-17)13-26-9-10-30-23(14-26)16-3-4-16/h5-8,11-12,16,23H,3-4,9-10,13-15H2,1-2H3,(H2,25,27). The van der Waals surface area contributed by atoms with Crippen LogP contribution in [0.2, 0.25) is 0 Å². The molecule has 1 unspecified atom stereocenters. The van der Waals surface area contributed by atoms with Gasteiger partial charge in [-0.05, 0) is 54.2 Å². The van der Waals surface area contributed by atoms with Gasteiger partial charge in [0.2, 0.25) is 0 Å². The summed E-state index contributed by atoms with van der Waals surface area (Å²) < 4.78 is 22.5. The van der Waals surface area contributed by atoms with Gasteiger partial charge in [0.15, 0.2) is 18.1 Å². The van der Waals surface area contributed by atoms with Gasteiger partial charge in [-0.2, -0.15) is 0 Å². The summed E-state index contributed by atoms with van der Waals surface area (Å²) in [5.41, 5.74) is 8.36. The Morgan fingerprint density at radius 1 is 1.06 bits per heavy atom. The van der Waals surface area contributed by atoms with Crippen molar-refractivity contribution in [3.05, 3.63) is 42.0 Å². The highest BCUT2D eigenvalue weighted by atomic mass is 16.5.